The van der Waals surface area contributed by atoms with Gasteiger partial charge in [-0.15, -0.1) is 0 Å². The zero-order chi connectivity index (χ0) is 12.6. The van der Waals surface area contributed by atoms with E-state index in [1.54, 1.807) is 6.07 Å². The summed E-state index contributed by atoms with van der Waals surface area (Å²) in [7, 11) is -3.17. The third-order valence-corrected chi connectivity index (χ3v) is 5.08. The van der Waals surface area contributed by atoms with Crippen LogP contribution in [0.2, 0.25) is 0 Å². The molecule has 1 aromatic carbocycles. The second-order valence-electron chi connectivity index (χ2n) is 4.63. The second kappa shape index (κ2) is 4.31. The molecule has 94 valence electrons. The van der Waals surface area contributed by atoms with Crippen molar-refractivity contribution in [3.63, 3.8) is 0 Å². The summed E-state index contributed by atoms with van der Waals surface area (Å²) in [5, 5.41) is 3.26. The largest absolute Gasteiger partial charge is 0.380 e. The number of fused-ring (bicyclic) bond motifs is 1. The third kappa shape index (κ3) is 2.30. The molecule has 1 aromatic rings. The molecule has 1 unspecified atom stereocenters. The third-order valence-electron chi connectivity index (χ3n) is 3.23. The first-order valence-electron chi connectivity index (χ1n) is 5.74. The summed E-state index contributed by atoms with van der Waals surface area (Å²) in [6.45, 7) is 4.40. The Bertz CT molecular complexity index is 538. The van der Waals surface area contributed by atoms with E-state index in [4.69, 9.17) is 5.73 Å². The summed E-state index contributed by atoms with van der Waals surface area (Å²) in [5.74, 6) is 0.139. The molecule has 0 saturated carbocycles. The molecular weight excluding hydrogens is 236 g/mol. The van der Waals surface area contributed by atoms with Crippen LogP contribution >= 0.6 is 0 Å². The number of aryl methyl sites for hydroxylation is 2. The van der Waals surface area contributed by atoms with Gasteiger partial charge in [0.05, 0.1) is 16.3 Å². The first kappa shape index (κ1) is 12.4. The predicted molar refractivity (Wildman–Crippen MR) is 69.1 cm³/mol. The number of benzene rings is 1. The molecule has 0 aliphatic carbocycles. The van der Waals surface area contributed by atoms with Crippen molar-refractivity contribution in [1.82, 2.24) is 0 Å². The molecule has 3 N–H and O–H groups in total. The summed E-state index contributed by atoms with van der Waals surface area (Å²) in [5.41, 5.74) is 8.31. The number of hydrogen-bond acceptors (Lipinski definition) is 4. The fourth-order valence-corrected chi connectivity index (χ4v) is 3.90. The van der Waals surface area contributed by atoms with Gasteiger partial charge in [-0.05, 0) is 50.1 Å². The Balaban J connectivity index is 2.49. The smallest absolute Gasteiger partial charge is 0.182 e. The molecule has 4 nitrogen and oxygen atoms in total. The maximum Gasteiger partial charge on any atom is 0.182 e. The Morgan fingerprint density at radius 2 is 2.00 bits per heavy atom. The van der Waals surface area contributed by atoms with Gasteiger partial charge in [0.25, 0.3) is 0 Å². The molecule has 0 fully saturated rings. The molecule has 2 rings (SSSR count). The molecule has 0 saturated heterocycles. The van der Waals surface area contributed by atoms with Crippen molar-refractivity contribution in [2.75, 3.05) is 17.6 Å². The molecule has 0 amide bonds. The van der Waals surface area contributed by atoms with E-state index >= 15 is 0 Å². The van der Waals surface area contributed by atoms with E-state index in [0.29, 0.717) is 17.9 Å². The fourth-order valence-electron chi connectivity index (χ4n) is 2.13. The van der Waals surface area contributed by atoms with E-state index in [2.05, 4.69) is 5.32 Å². The Kier molecular flexibility index (Phi) is 3.14. The highest BCUT2D eigenvalue weighted by Crippen LogP contribution is 2.31. The van der Waals surface area contributed by atoms with Crippen LogP contribution in [0.15, 0.2) is 17.0 Å². The Labute approximate surface area is 102 Å². The molecule has 0 bridgehead atoms. The van der Waals surface area contributed by atoms with Crippen LogP contribution in [0.4, 0.5) is 5.69 Å². The van der Waals surface area contributed by atoms with Crippen molar-refractivity contribution in [1.29, 1.82) is 0 Å². The maximum atomic E-state index is 12.1. The van der Waals surface area contributed by atoms with E-state index in [1.165, 1.54) is 0 Å². The second-order valence-corrected chi connectivity index (χ2v) is 6.64. The van der Waals surface area contributed by atoms with Gasteiger partial charge < -0.3 is 11.1 Å². The van der Waals surface area contributed by atoms with Crippen LogP contribution in [0.25, 0.3) is 0 Å². The van der Waals surface area contributed by atoms with E-state index in [1.807, 2.05) is 19.9 Å². The topological polar surface area (TPSA) is 72.2 Å². The SMILES string of the molecule is Cc1cc2c(cc1C)S(=O)(=O)CC(CCN)N2. The van der Waals surface area contributed by atoms with Gasteiger partial charge in [-0.2, -0.15) is 0 Å². The number of anilines is 1. The normalized spacial score (nSPS) is 21.7. The minimum Gasteiger partial charge on any atom is -0.380 e. The van der Waals surface area contributed by atoms with Crippen LogP contribution < -0.4 is 11.1 Å². The van der Waals surface area contributed by atoms with Gasteiger partial charge in [0, 0.05) is 6.04 Å². The van der Waals surface area contributed by atoms with Gasteiger partial charge in [0.15, 0.2) is 9.84 Å². The molecule has 5 heteroatoms. The highest BCUT2D eigenvalue weighted by molar-refractivity contribution is 7.91. The average Bonchev–Trinajstić information content (AvgIpc) is 2.21. The van der Waals surface area contributed by atoms with E-state index in [-0.39, 0.29) is 11.8 Å². The van der Waals surface area contributed by atoms with Gasteiger partial charge in [0.1, 0.15) is 0 Å². The molecule has 1 aliphatic heterocycles. The first-order valence-corrected chi connectivity index (χ1v) is 7.40. The van der Waals surface area contributed by atoms with Gasteiger partial charge >= 0.3 is 0 Å². The highest BCUT2D eigenvalue weighted by Gasteiger charge is 2.29. The predicted octanol–water partition coefficient (Wildman–Crippen LogP) is 1.22. The van der Waals surface area contributed by atoms with E-state index in [0.717, 1.165) is 16.8 Å². The number of sulfone groups is 1. The van der Waals surface area contributed by atoms with Gasteiger partial charge in [-0.1, -0.05) is 0 Å². The maximum absolute atomic E-state index is 12.1. The summed E-state index contributed by atoms with van der Waals surface area (Å²) < 4.78 is 24.3. The average molecular weight is 254 g/mol. The van der Waals surface area contributed by atoms with Crippen molar-refractivity contribution >= 4 is 15.5 Å². The van der Waals surface area contributed by atoms with Crippen LogP contribution in [0, 0.1) is 13.8 Å². The van der Waals surface area contributed by atoms with Gasteiger partial charge in [-0.25, -0.2) is 8.42 Å². The first-order chi connectivity index (χ1) is 7.94. The molecule has 0 aromatic heterocycles. The quantitative estimate of drug-likeness (QED) is 0.832. The van der Waals surface area contributed by atoms with Crippen molar-refractivity contribution in [2.45, 2.75) is 31.2 Å². The molecule has 1 atom stereocenters. The minimum atomic E-state index is -3.17. The van der Waals surface area contributed by atoms with Crippen LogP contribution in [0.1, 0.15) is 17.5 Å². The van der Waals surface area contributed by atoms with Crippen LogP contribution in [0.3, 0.4) is 0 Å². The van der Waals surface area contributed by atoms with Crippen molar-refractivity contribution < 1.29 is 8.42 Å². The van der Waals surface area contributed by atoms with Gasteiger partial charge in [0.2, 0.25) is 0 Å². The monoisotopic (exact) mass is 254 g/mol. The number of rotatable bonds is 2. The lowest BCUT2D eigenvalue weighted by molar-refractivity contribution is 0.580. The number of hydrogen-bond donors (Lipinski definition) is 2. The van der Waals surface area contributed by atoms with Crippen LogP contribution in [-0.4, -0.2) is 26.8 Å². The summed E-state index contributed by atoms with van der Waals surface area (Å²) >= 11 is 0. The summed E-state index contributed by atoms with van der Waals surface area (Å²) in [4.78, 5) is 0.425. The molecule has 1 aliphatic rings. The van der Waals surface area contributed by atoms with E-state index < -0.39 is 9.84 Å². The molecule has 17 heavy (non-hydrogen) atoms. The molecular formula is C12H18N2O2S. The zero-order valence-electron chi connectivity index (χ0n) is 10.2. The lowest BCUT2D eigenvalue weighted by Gasteiger charge is -2.27. The number of nitrogens with one attached hydrogen (secondary N) is 1. The lowest BCUT2D eigenvalue weighted by atomic mass is 10.1. The number of nitrogens with two attached hydrogens (primary N) is 1. The standard InChI is InChI=1S/C12H18N2O2S/c1-8-5-11-12(6-9(8)2)17(15,16)7-10(14-11)3-4-13/h5-6,10,14H,3-4,7,13H2,1-2H3. The van der Waals surface area contributed by atoms with Crippen molar-refractivity contribution in [3.8, 4) is 0 Å². The molecule has 1 heterocycles. The van der Waals surface area contributed by atoms with Crippen LogP contribution in [-0.2, 0) is 9.84 Å². The van der Waals surface area contributed by atoms with E-state index in [9.17, 15) is 8.42 Å². The highest BCUT2D eigenvalue weighted by atomic mass is 32.2. The Morgan fingerprint density at radius 1 is 1.35 bits per heavy atom. The van der Waals surface area contributed by atoms with Crippen molar-refractivity contribution in [2.24, 2.45) is 5.73 Å². The van der Waals surface area contributed by atoms with Crippen LogP contribution in [0.5, 0.6) is 0 Å². The summed E-state index contributed by atoms with van der Waals surface area (Å²) in [6.07, 6.45) is 0.672. The fraction of sp³-hybridized carbons (Fsp3) is 0.500. The minimum absolute atomic E-state index is 0.0698. The molecule has 0 radical (unpaired) electrons. The van der Waals surface area contributed by atoms with Gasteiger partial charge in [-0.3, -0.25) is 0 Å². The van der Waals surface area contributed by atoms with Crippen molar-refractivity contribution in [3.05, 3.63) is 23.3 Å². The lowest BCUT2D eigenvalue weighted by Crippen LogP contribution is -2.35. The summed E-state index contributed by atoms with van der Waals surface area (Å²) in [6, 6.07) is 3.59. The zero-order valence-corrected chi connectivity index (χ0v) is 11.0. The molecule has 0 spiro atoms. The Hall–Kier alpha value is -1.07. The Morgan fingerprint density at radius 3 is 2.65 bits per heavy atom.